The highest BCUT2D eigenvalue weighted by atomic mass is 16.2. The molecule has 3 unspecified atom stereocenters. The number of aromatic nitrogens is 3. The van der Waals surface area contributed by atoms with Crippen LogP contribution >= 0.6 is 0 Å². The average Bonchev–Trinajstić information content (AvgIpc) is 3.19. The Morgan fingerprint density at radius 2 is 1.89 bits per heavy atom. The number of nitrogens with zero attached hydrogens (tertiary/aromatic N) is 4. The third-order valence-corrected chi connectivity index (χ3v) is 6.21. The minimum atomic E-state index is -0.163. The summed E-state index contributed by atoms with van der Waals surface area (Å²) in [7, 11) is 0. The molecular formula is C19H30N6O2. The molecule has 8 nitrogen and oxygen atoms in total. The van der Waals surface area contributed by atoms with Crippen LogP contribution < -0.4 is 10.6 Å². The van der Waals surface area contributed by atoms with Crippen LogP contribution in [0.4, 0.5) is 5.95 Å². The third kappa shape index (κ3) is 4.48. The second-order valence-corrected chi connectivity index (χ2v) is 8.16. The number of hydrogen-bond acceptors (Lipinski definition) is 5. The molecule has 2 saturated heterocycles. The predicted octanol–water partition coefficient (Wildman–Crippen LogP) is 1.54. The topological polar surface area (TPSA) is 92.2 Å². The SMILES string of the molecule is O=C(Nc1ncn(CC(=O)N2CCCCCC2)n1)C1CC2CCCCC2N1. The van der Waals surface area contributed by atoms with Crippen molar-refractivity contribution in [3.63, 3.8) is 0 Å². The highest BCUT2D eigenvalue weighted by Gasteiger charge is 2.38. The number of nitrogens with one attached hydrogen (secondary N) is 2. The van der Waals surface area contributed by atoms with Crippen LogP contribution in [0.25, 0.3) is 0 Å². The van der Waals surface area contributed by atoms with Crippen molar-refractivity contribution in [2.75, 3.05) is 18.4 Å². The van der Waals surface area contributed by atoms with Gasteiger partial charge in [0, 0.05) is 19.1 Å². The lowest BCUT2D eigenvalue weighted by molar-refractivity contribution is -0.132. The van der Waals surface area contributed by atoms with E-state index in [9.17, 15) is 9.59 Å². The van der Waals surface area contributed by atoms with Gasteiger partial charge < -0.3 is 10.2 Å². The van der Waals surface area contributed by atoms with Crippen LogP contribution in [-0.2, 0) is 16.1 Å². The van der Waals surface area contributed by atoms with E-state index in [4.69, 9.17) is 0 Å². The summed E-state index contributed by atoms with van der Waals surface area (Å²) >= 11 is 0. The van der Waals surface area contributed by atoms with E-state index < -0.39 is 0 Å². The predicted molar refractivity (Wildman–Crippen MR) is 101 cm³/mol. The Labute approximate surface area is 160 Å². The largest absolute Gasteiger partial charge is 0.341 e. The van der Waals surface area contributed by atoms with E-state index in [2.05, 4.69) is 20.7 Å². The van der Waals surface area contributed by atoms with Crippen LogP contribution in [0.2, 0.25) is 0 Å². The van der Waals surface area contributed by atoms with Crippen molar-refractivity contribution in [3.05, 3.63) is 6.33 Å². The lowest BCUT2D eigenvalue weighted by Crippen LogP contribution is -2.40. The van der Waals surface area contributed by atoms with Gasteiger partial charge in [-0.25, -0.2) is 9.67 Å². The highest BCUT2D eigenvalue weighted by Crippen LogP contribution is 2.33. The van der Waals surface area contributed by atoms with Crippen LogP contribution in [0.15, 0.2) is 6.33 Å². The highest BCUT2D eigenvalue weighted by molar-refractivity contribution is 5.93. The normalized spacial score (nSPS) is 28.4. The molecule has 148 valence electrons. The van der Waals surface area contributed by atoms with E-state index in [1.807, 2.05) is 4.90 Å². The Kier molecular flexibility index (Phi) is 5.71. The maximum Gasteiger partial charge on any atom is 0.248 e. The van der Waals surface area contributed by atoms with Gasteiger partial charge in [-0.05, 0) is 38.0 Å². The number of carbonyl (C=O) groups excluding carboxylic acids is 2. The fraction of sp³-hybridized carbons (Fsp3) is 0.789. The molecule has 2 N–H and O–H groups in total. The molecule has 1 aromatic rings. The van der Waals surface area contributed by atoms with Crippen molar-refractivity contribution in [2.45, 2.75) is 76.4 Å². The molecule has 1 aliphatic carbocycles. The van der Waals surface area contributed by atoms with E-state index in [0.29, 0.717) is 12.0 Å². The Morgan fingerprint density at radius 3 is 2.67 bits per heavy atom. The van der Waals surface area contributed by atoms with Gasteiger partial charge in [-0.2, -0.15) is 0 Å². The molecule has 3 heterocycles. The number of rotatable bonds is 4. The molecular weight excluding hydrogens is 344 g/mol. The molecule has 8 heteroatoms. The third-order valence-electron chi connectivity index (χ3n) is 6.21. The maximum atomic E-state index is 12.5. The summed E-state index contributed by atoms with van der Waals surface area (Å²) < 4.78 is 1.52. The summed E-state index contributed by atoms with van der Waals surface area (Å²) in [5, 5.41) is 10.5. The maximum absolute atomic E-state index is 12.5. The Balaban J connectivity index is 1.29. The number of fused-ring (bicyclic) bond motifs is 1. The van der Waals surface area contributed by atoms with Crippen molar-refractivity contribution in [1.82, 2.24) is 25.0 Å². The van der Waals surface area contributed by atoms with E-state index in [0.717, 1.165) is 32.4 Å². The Hall–Kier alpha value is -1.96. The molecule has 0 spiro atoms. The van der Waals surface area contributed by atoms with E-state index in [1.165, 1.54) is 49.5 Å². The smallest absolute Gasteiger partial charge is 0.248 e. The van der Waals surface area contributed by atoms with Crippen LogP contribution in [0, 0.1) is 5.92 Å². The lowest BCUT2D eigenvalue weighted by Gasteiger charge is -2.24. The van der Waals surface area contributed by atoms with Crippen LogP contribution in [0.1, 0.15) is 57.8 Å². The fourth-order valence-electron chi connectivity index (χ4n) is 4.71. The molecule has 4 rings (SSSR count). The molecule has 2 amide bonds. The molecule has 2 aliphatic heterocycles. The minimum absolute atomic E-state index is 0.0685. The second-order valence-electron chi connectivity index (χ2n) is 8.16. The standard InChI is InChI=1S/C19H30N6O2/c26-17(24-9-5-1-2-6-10-24)12-25-13-20-19(23-25)22-18(27)16-11-14-7-3-4-8-15(14)21-16/h13-16,21H,1-12H2,(H,22,23,27). The van der Waals surface area contributed by atoms with Crippen molar-refractivity contribution < 1.29 is 9.59 Å². The van der Waals surface area contributed by atoms with Gasteiger partial charge in [-0.3, -0.25) is 14.9 Å². The van der Waals surface area contributed by atoms with Gasteiger partial charge in [-0.15, -0.1) is 5.10 Å². The number of carbonyl (C=O) groups is 2. The van der Waals surface area contributed by atoms with Crippen LogP contribution in [0.5, 0.6) is 0 Å². The van der Waals surface area contributed by atoms with E-state index >= 15 is 0 Å². The van der Waals surface area contributed by atoms with Crippen molar-refractivity contribution in [2.24, 2.45) is 5.92 Å². The molecule has 3 aliphatic rings. The van der Waals surface area contributed by atoms with Crippen LogP contribution in [-0.4, -0.2) is 56.7 Å². The average molecular weight is 374 g/mol. The molecule has 0 radical (unpaired) electrons. The summed E-state index contributed by atoms with van der Waals surface area (Å²) in [4.78, 5) is 31.1. The molecule has 1 aromatic heterocycles. The lowest BCUT2D eigenvalue weighted by atomic mass is 9.85. The summed E-state index contributed by atoms with van der Waals surface area (Å²) in [5.74, 6) is 0.897. The molecule has 27 heavy (non-hydrogen) atoms. The fourth-order valence-corrected chi connectivity index (χ4v) is 4.71. The first kappa shape index (κ1) is 18.4. The van der Waals surface area contributed by atoms with E-state index in [-0.39, 0.29) is 30.3 Å². The number of anilines is 1. The first-order valence-corrected chi connectivity index (χ1v) is 10.4. The van der Waals surface area contributed by atoms with Gasteiger partial charge in [-0.1, -0.05) is 25.7 Å². The van der Waals surface area contributed by atoms with Crippen molar-refractivity contribution >= 4 is 17.8 Å². The Bertz CT molecular complexity index is 653. The van der Waals surface area contributed by atoms with Gasteiger partial charge >= 0.3 is 0 Å². The summed E-state index contributed by atoms with van der Waals surface area (Å²) in [6, 6.07) is 0.315. The van der Waals surface area contributed by atoms with Gasteiger partial charge in [0.2, 0.25) is 17.8 Å². The zero-order valence-electron chi connectivity index (χ0n) is 15.9. The van der Waals surface area contributed by atoms with Gasteiger partial charge in [0.05, 0.1) is 6.04 Å². The molecule has 3 fully saturated rings. The summed E-state index contributed by atoms with van der Waals surface area (Å²) in [6.45, 7) is 1.83. The first-order valence-electron chi connectivity index (χ1n) is 10.4. The number of hydrogen-bond donors (Lipinski definition) is 2. The van der Waals surface area contributed by atoms with Gasteiger partial charge in [0.15, 0.2) is 0 Å². The van der Waals surface area contributed by atoms with Crippen molar-refractivity contribution in [1.29, 1.82) is 0 Å². The molecule has 0 bridgehead atoms. The Morgan fingerprint density at radius 1 is 1.11 bits per heavy atom. The molecule has 0 aromatic carbocycles. The van der Waals surface area contributed by atoms with Gasteiger partial charge in [0.25, 0.3) is 0 Å². The summed E-state index contributed by atoms with van der Waals surface area (Å²) in [5.41, 5.74) is 0. The number of amides is 2. The molecule has 1 saturated carbocycles. The van der Waals surface area contributed by atoms with Crippen molar-refractivity contribution in [3.8, 4) is 0 Å². The minimum Gasteiger partial charge on any atom is -0.341 e. The van der Waals surface area contributed by atoms with E-state index in [1.54, 1.807) is 0 Å². The van der Waals surface area contributed by atoms with Crippen LogP contribution in [0.3, 0.4) is 0 Å². The monoisotopic (exact) mass is 374 g/mol. The quantitative estimate of drug-likeness (QED) is 0.834. The first-order chi connectivity index (χ1) is 13.2. The van der Waals surface area contributed by atoms with Gasteiger partial charge in [0.1, 0.15) is 12.9 Å². The number of likely N-dealkylation sites (tertiary alicyclic amines) is 1. The summed E-state index contributed by atoms with van der Waals surface area (Å²) in [6.07, 6.45) is 11.8. The zero-order valence-corrected chi connectivity index (χ0v) is 15.9. The zero-order chi connectivity index (χ0) is 18.6. The molecule has 3 atom stereocenters. The second kappa shape index (κ2) is 8.37.